The van der Waals surface area contributed by atoms with Gasteiger partial charge in [0.05, 0.1) is 24.2 Å². The van der Waals surface area contributed by atoms with Crippen LogP contribution < -0.4 is 21.1 Å². The number of benzene rings is 1. The third-order valence-corrected chi connectivity index (χ3v) is 4.80. The van der Waals surface area contributed by atoms with Crippen molar-refractivity contribution in [3.8, 4) is 17.0 Å². The first-order chi connectivity index (χ1) is 15.4. The van der Waals surface area contributed by atoms with E-state index in [-0.39, 0.29) is 17.7 Å². The molecule has 8 heteroatoms. The molecule has 1 atom stereocenters. The summed E-state index contributed by atoms with van der Waals surface area (Å²) in [6.45, 7) is 7.43. The van der Waals surface area contributed by atoms with Gasteiger partial charge in [0.2, 0.25) is 11.9 Å². The SMILES string of the molecule is C=C/C=C\SCC(=O)Nc1cc(-c2ccnc(N/C(C)=C/C=C\C(C)N)n2)ccc1OC. The van der Waals surface area contributed by atoms with E-state index in [1.54, 1.807) is 31.5 Å². The molecular weight excluding hydrogens is 422 g/mol. The zero-order valence-electron chi connectivity index (χ0n) is 18.5. The lowest BCUT2D eigenvalue weighted by Gasteiger charge is -2.12. The van der Waals surface area contributed by atoms with Crippen LogP contribution in [0.5, 0.6) is 5.75 Å². The summed E-state index contributed by atoms with van der Waals surface area (Å²) in [6, 6.07) is 7.32. The number of carbonyl (C=O) groups is 1. The summed E-state index contributed by atoms with van der Waals surface area (Å²) in [5.41, 5.74) is 8.70. The number of hydrogen-bond donors (Lipinski definition) is 3. The van der Waals surface area contributed by atoms with Gasteiger partial charge in [0.15, 0.2) is 0 Å². The summed E-state index contributed by atoms with van der Waals surface area (Å²) in [4.78, 5) is 21.2. The van der Waals surface area contributed by atoms with Gasteiger partial charge in [-0.25, -0.2) is 9.97 Å². The Balaban J connectivity index is 2.18. The van der Waals surface area contributed by atoms with Crippen LogP contribution >= 0.6 is 11.8 Å². The molecule has 1 amide bonds. The number of nitrogens with two attached hydrogens (primary N) is 1. The molecule has 1 unspecified atom stereocenters. The number of ether oxygens (including phenoxy) is 1. The molecule has 168 valence electrons. The number of hydrogen-bond acceptors (Lipinski definition) is 7. The second kappa shape index (κ2) is 13.1. The van der Waals surface area contributed by atoms with Crippen LogP contribution in [0.3, 0.4) is 0 Å². The average Bonchev–Trinajstić information content (AvgIpc) is 2.76. The third-order valence-electron chi connectivity index (χ3n) is 4.02. The number of nitrogens with zero attached hydrogens (tertiary/aromatic N) is 2. The van der Waals surface area contributed by atoms with Crippen LogP contribution in [0.25, 0.3) is 11.3 Å². The summed E-state index contributed by atoms with van der Waals surface area (Å²) >= 11 is 1.38. The van der Waals surface area contributed by atoms with Crippen LogP contribution in [0.15, 0.2) is 78.5 Å². The maximum Gasteiger partial charge on any atom is 0.234 e. The van der Waals surface area contributed by atoms with E-state index in [1.807, 2.05) is 55.7 Å². The largest absolute Gasteiger partial charge is 0.495 e. The summed E-state index contributed by atoms with van der Waals surface area (Å²) in [6.07, 6.45) is 10.8. The van der Waals surface area contributed by atoms with Crippen LogP contribution in [-0.2, 0) is 4.79 Å². The minimum atomic E-state index is -0.134. The Morgan fingerprint density at radius 3 is 2.84 bits per heavy atom. The van der Waals surface area contributed by atoms with Gasteiger partial charge in [-0.1, -0.05) is 30.9 Å². The summed E-state index contributed by atoms with van der Waals surface area (Å²) < 4.78 is 5.39. The van der Waals surface area contributed by atoms with Gasteiger partial charge in [0, 0.05) is 23.5 Å². The second-order valence-corrected chi connectivity index (χ2v) is 7.72. The Bertz CT molecular complexity index is 1020. The number of allylic oxidation sites excluding steroid dienone is 5. The van der Waals surface area contributed by atoms with E-state index in [2.05, 4.69) is 27.2 Å². The Labute approximate surface area is 193 Å². The van der Waals surface area contributed by atoms with E-state index in [0.717, 1.165) is 11.3 Å². The standard InChI is InChI=1S/C24H29N5O2S/c1-5-6-14-32-16-23(30)28-21-15-19(10-11-22(21)31-4)20-12-13-26-24(29-20)27-18(3)9-7-8-17(2)25/h5-15,17H,1,16,25H2,2-4H3,(H,28,30)(H,26,27,29)/b8-7-,14-6-,18-9+. The molecule has 32 heavy (non-hydrogen) atoms. The van der Waals surface area contributed by atoms with Gasteiger partial charge in [-0.05, 0) is 49.6 Å². The molecule has 7 nitrogen and oxygen atoms in total. The summed E-state index contributed by atoms with van der Waals surface area (Å²) in [7, 11) is 1.56. The summed E-state index contributed by atoms with van der Waals surface area (Å²) in [5, 5.41) is 7.88. The monoisotopic (exact) mass is 451 g/mol. The van der Waals surface area contributed by atoms with Crippen molar-refractivity contribution in [2.45, 2.75) is 19.9 Å². The van der Waals surface area contributed by atoms with Gasteiger partial charge in [0.25, 0.3) is 0 Å². The molecule has 0 saturated carbocycles. The average molecular weight is 452 g/mol. The fourth-order valence-corrected chi connectivity index (χ4v) is 3.10. The Hall–Kier alpha value is -3.36. The van der Waals surface area contributed by atoms with Gasteiger partial charge in [-0.15, -0.1) is 11.8 Å². The molecule has 0 aliphatic heterocycles. The molecule has 0 spiro atoms. The highest BCUT2D eigenvalue weighted by Crippen LogP contribution is 2.30. The van der Waals surface area contributed by atoms with Crippen molar-refractivity contribution < 1.29 is 9.53 Å². The van der Waals surface area contributed by atoms with E-state index in [1.165, 1.54) is 11.8 Å². The van der Waals surface area contributed by atoms with Crippen molar-refractivity contribution in [1.82, 2.24) is 9.97 Å². The molecule has 1 aromatic carbocycles. The van der Waals surface area contributed by atoms with Crippen molar-refractivity contribution in [1.29, 1.82) is 0 Å². The number of rotatable bonds is 11. The maximum absolute atomic E-state index is 12.3. The number of nitrogens with one attached hydrogen (secondary N) is 2. The Morgan fingerprint density at radius 2 is 2.12 bits per heavy atom. The van der Waals surface area contributed by atoms with Gasteiger partial charge in [-0.3, -0.25) is 4.79 Å². The van der Waals surface area contributed by atoms with Crippen molar-refractivity contribution in [3.05, 3.63) is 78.5 Å². The van der Waals surface area contributed by atoms with Crippen LogP contribution in [0.1, 0.15) is 13.8 Å². The van der Waals surface area contributed by atoms with Gasteiger partial charge < -0.3 is 21.1 Å². The number of carbonyl (C=O) groups excluding carboxylic acids is 1. The zero-order chi connectivity index (χ0) is 23.3. The van der Waals surface area contributed by atoms with Crippen LogP contribution in [0.2, 0.25) is 0 Å². The fraction of sp³-hybridized carbons (Fsp3) is 0.208. The lowest BCUT2D eigenvalue weighted by atomic mass is 10.1. The van der Waals surface area contributed by atoms with E-state index in [9.17, 15) is 4.79 Å². The minimum absolute atomic E-state index is 0.00871. The minimum Gasteiger partial charge on any atom is -0.495 e. The highest BCUT2D eigenvalue weighted by Gasteiger charge is 2.11. The Kier molecular flexibility index (Phi) is 10.2. The molecule has 0 fully saturated rings. The van der Waals surface area contributed by atoms with Crippen molar-refractivity contribution >= 4 is 29.3 Å². The summed E-state index contributed by atoms with van der Waals surface area (Å²) in [5.74, 6) is 1.19. The molecular formula is C24H29N5O2S. The van der Waals surface area contributed by atoms with E-state index in [0.29, 0.717) is 23.1 Å². The van der Waals surface area contributed by atoms with E-state index < -0.39 is 0 Å². The molecule has 1 heterocycles. The van der Waals surface area contributed by atoms with Gasteiger partial charge in [0.1, 0.15) is 5.75 Å². The van der Waals surface area contributed by atoms with E-state index in [4.69, 9.17) is 10.5 Å². The van der Waals surface area contributed by atoms with Gasteiger partial charge in [-0.2, -0.15) is 0 Å². The molecule has 4 N–H and O–H groups in total. The van der Waals surface area contributed by atoms with Crippen molar-refractivity contribution in [3.63, 3.8) is 0 Å². The molecule has 0 aliphatic rings. The van der Waals surface area contributed by atoms with Crippen LogP contribution in [0, 0.1) is 0 Å². The van der Waals surface area contributed by atoms with Crippen molar-refractivity contribution in [2.75, 3.05) is 23.5 Å². The smallest absolute Gasteiger partial charge is 0.234 e. The number of anilines is 2. The zero-order valence-corrected chi connectivity index (χ0v) is 19.4. The van der Waals surface area contributed by atoms with Crippen LogP contribution in [0.4, 0.5) is 11.6 Å². The van der Waals surface area contributed by atoms with Gasteiger partial charge >= 0.3 is 0 Å². The fourth-order valence-electron chi connectivity index (χ4n) is 2.56. The lowest BCUT2D eigenvalue weighted by Crippen LogP contribution is -2.14. The molecule has 0 saturated heterocycles. The number of aromatic nitrogens is 2. The molecule has 2 aromatic rings. The quantitative estimate of drug-likeness (QED) is 0.424. The first kappa shape index (κ1) is 24.9. The highest BCUT2D eigenvalue weighted by molar-refractivity contribution is 8.02. The Morgan fingerprint density at radius 1 is 1.31 bits per heavy atom. The van der Waals surface area contributed by atoms with Crippen LogP contribution in [-0.4, -0.2) is 34.8 Å². The highest BCUT2D eigenvalue weighted by atomic mass is 32.2. The first-order valence-corrected chi connectivity index (χ1v) is 11.1. The number of thioether (sulfide) groups is 1. The maximum atomic E-state index is 12.3. The molecule has 0 aliphatic carbocycles. The normalized spacial score (nSPS) is 12.7. The predicted molar refractivity (Wildman–Crippen MR) is 135 cm³/mol. The molecule has 0 bridgehead atoms. The molecule has 2 rings (SSSR count). The first-order valence-electron chi connectivity index (χ1n) is 10.0. The third kappa shape index (κ3) is 8.41. The van der Waals surface area contributed by atoms with E-state index >= 15 is 0 Å². The number of methoxy groups -OCH3 is 1. The second-order valence-electron chi connectivity index (χ2n) is 6.82. The predicted octanol–water partition coefficient (Wildman–Crippen LogP) is 4.74. The topological polar surface area (TPSA) is 102 Å². The number of amides is 1. The lowest BCUT2D eigenvalue weighted by molar-refractivity contribution is -0.113. The molecule has 1 aromatic heterocycles. The molecule has 0 radical (unpaired) electrons. The van der Waals surface area contributed by atoms with Crippen molar-refractivity contribution in [2.24, 2.45) is 5.73 Å².